The predicted octanol–water partition coefficient (Wildman–Crippen LogP) is 4.58. The van der Waals surface area contributed by atoms with E-state index in [9.17, 15) is 4.79 Å². The molecule has 24 heavy (non-hydrogen) atoms. The van der Waals surface area contributed by atoms with Crippen molar-refractivity contribution in [3.05, 3.63) is 41.6 Å². The molecule has 0 unspecified atom stereocenters. The number of aromatic nitrogens is 1. The molecule has 0 saturated carbocycles. The number of benzene rings is 1. The van der Waals surface area contributed by atoms with Crippen molar-refractivity contribution in [2.24, 2.45) is 4.99 Å². The first-order valence-corrected chi connectivity index (χ1v) is 9.58. The molecule has 0 radical (unpaired) electrons. The van der Waals surface area contributed by atoms with E-state index in [-0.39, 0.29) is 11.3 Å². The number of thioether (sulfide) groups is 2. The van der Waals surface area contributed by atoms with E-state index in [0.29, 0.717) is 11.6 Å². The zero-order valence-electron chi connectivity index (χ0n) is 13.8. The van der Waals surface area contributed by atoms with E-state index < -0.39 is 0 Å². The third-order valence-corrected chi connectivity index (χ3v) is 5.67. The van der Waals surface area contributed by atoms with E-state index in [1.807, 2.05) is 39.0 Å². The smallest absolute Gasteiger partial charge is 0.237 e. The topological polar surface area (TPSA) is 67.5 Å². The molecule has 1 aromatic carbocycles. The Balaban J connectivity index is 1.55. The summed E-state index contributed by atoms with van der Waals surface area (Å²) in [5, 5.41) is 6.73. The Morgan fingerprint density at radius 1 is 1.38 bits per heavy atom. The normalized spacial score (nSPS) is 14.0. The first-order chi connectivity index (χ1) is 11.4. The molecular weight excluding hydrogens is 342 g/mol. The van der Waals surface area contributed by atoms with Crippen molar-refractivity contribution < 1.29 is 9.32 Å². The summed E-state index contributed by atoms with van der Waals surface area (Å²) in [6, 6.07) is 9.84. The van der Waals surface area contributed by atoms with Crippen LogP contribution < -0.4 is 5.32 Å². The molecular formula is C17H19N3O2S2. The zero-order valence-corrected chi connectivity index (χ0v) is 15.5. The van der Waals surface area contributed by atoms with Gasteiger partial charge in [0.25, 0.3) is 0 Å². The van der Waals surface area contributed by atoms with Crippen LogP contribution in [-0.2, 0) is 16.0 Å². The van der Waals surface area contributed by atoms with Crippen molar-refractivity contribution in [3.63, 3.8) is 0 Å². The van der Waals surface area contributed by atoms with E-state index in [1.165, 1.54) is 17.3 Å². The molecule has 5 nitrogen and oxygen atoms in total. The van der Waals surface area contributed by atoms with Crippen molar-refractivity contribution in [2.75, 3.05) is 11.1 Å². The second kappa shape index (κ2) is 7.03. The van der Waals surface area contributed by atoms with Crippen LogP contribution in [0.15, 0.2) is 39.8 Å². The van der Waals surface area contributed by atoms with E-state index in [1.54, 1.807) is 17.8 Å². The van der Waals surface area contributed by atoms with Gasteiger partial charge in [-0.1, -0.05) is 67.7 Å². The molecule has 1 amide bonds. The van der Waals surface area contributed by atoms with E-state index in [0.717, 1.165) is 21.5 Å². The summed E-state index contributed by atoms with van der Waals surface area (Å²) in [5.41, 5.74) is 2.92. The number of rotatable bonds is 3. The fourth-order valence-corrected chi connectivity index (χ4v) is 3.94. The third-order valence-electron chi connectivity index (χ3n) is 3.42. The van der Waals surface area contributed by atoms with Gasteiger partial charge in [-0.05, 0) is 11.6 Å². The van der Waals surface area contributed by atoms with Gasteiger partial charge < -0.3 is 4.52 Å². The summed E-state index contributed by atoms with van der Waals surface area (Å²) < 4.78 is 6.09. The molecule has 1 aliphatic heterocycles. The number of para-hydroxylation sites is 1. The van der Waals surface area contributed by atoms with Gasteiger partial charge in [0.05, 0.1) is 17.1 Å². The lowest BCUT2D eigenvalue weighted by atomic mass is 9.92. The van der Waals surface area contributed by atoms with Crippen LogP contribution in [0.5, 0.6) is 0 Å². The van der Waals surface area contributed by atoms with E-state index in [2.05, 4.69) is 21.5 Å². The largest absolute Gasteiger partial charge is 0.338 e. The van der Waals surface area contributed by atoms with Crippen LogP contribution in [0.25, 0.3) is 0 Å². The van der Waals surface area contributed by atoms with Crippen molar-refractivity contribution >= 4 is 45.4 Å². The molecule has 0 atom stereocenters. The number of aliphatic imine (C=N–C) groups is 1. The molecule has 0 saturated heterocycles. The highest BCUT2D eigenvalue weighted by Gasteiger charge is 2.20. The highest BCUT2D eigenvalue weighted by molar-refractivity contribution is 8.38. The quantitative estimate of drug-likeness (QED) is 0.867. The fraction of sp³-hybridized carbons (Fsp3) is 0.353. The van der Waals surface area contributed by atoms with Gasteiger partial charge in [0.15, 0.2) is 0 Å². The molecule has 0 fully saturated rings. The monoisotopic (exact) mass is 361 g/mol. The second-order valence-electron chi connectivity index (χ2n) is 6.46. The van der Waals surface area contributed by atoms with Gasteiger partial charge in [-0.2, -0.15) is 0 Å². The van der Waals surface area contributed by atoms with Crippen LogP contribution in [0, 0.1) is 0 Å². The molecule has 1 N–H and O–H groups in total. The van der Waals surface area contributed by atoms with Crippen LogP contribution in [0.2, 0.25) is 0 Å². The summed E-state index contributed by atoms with van der Waals surface area (Å²) in [7, 11) is 0. The van der Waals surface area contributed by atoms with Crippen LogP contribution >= 0.6 is 23.5 Å². The van der Waals surface area contributed by atoms with Gasteiger partial charge in [0.2, 0.25) is 11.8 Å². The Morgan fingerprint density at radius 2 is 2.17 bits per heavy atom. The minimum Gasteiger partial charge on any atom is -0.338 e. The predicted molar refractivity (Wildman–Crippen MR) is 101 cm³/mol. The third kappa shape index (κ3) is 4.21. The first-order valence-electron chi connectivity index (χ1n) is 7.61. The van der Waals surface area contributed by atoms with Crippen molar-refractivity contribution in [1.82, 2.24) is 5.16 Å². The maximum Gasteiger partial charge on any atom is 0.237 e. The number of anilines is 1. The molecule has 1 aliphatic rings. The molecule has 0 aliphatic carbocycles. The Morgan fingerprint density at radius 3 is 2.92 bits per heavy atom. The summed E-state index contributed by atoms with van der Waals surface area (Å²) in [4.78, 5) is 16.7. The average molecular weight is 361 g/mol. The van der Waals surface area contributed by atoms with Gasteiger partial charge in [0.1, 0.15) is 4.38 Å². The molecule has 7 heteroatoms. The maximum absolute atomic E-state index is 12.1. The molecule has 126 valence electrons. The fourth-order valence-electron chi connectivity index (χ4n) is 2.07. The van der Waals surface area contributed by atoms with Gasteiger partial charge in [-0.3, -0.25) is 10.1 Å². The minimum absolute atomic E-state index is 0.109. The molecule has 1 aromatic heterocycles. The summed E-state index contributed by atoms with van der Waals surface area (Å²) in [6.45, 7) is 6.13. The molecule has 0 bridgehead atoms. The van der Waals surface area contributed by atoms with Crippen molar-refractivity contribution in [1.29, 1.82) is 0 Å². The van der Waals surface area contributed by atoms with Crippen LogP contribution in [0.4, 0.5) is 11.6 Å². The lowest BCUT2D eigenvalue weighted by molar-refractivity contribution is -0.113. The molecule has 2 aromatic rings. The minimum atomic E-state index is -0.126. The standard InChI is InChI=1S/C17H19N3O2S2/c1-17(2,3)13-8-15(22-20-13)19-14(21)10-24-16-18-12-7-5-4-6-11(12)9-23-16/h4-8H,9-10H2,1-3H3,(H,19,21). The second-order valence-corrected chi connectivity index (χ2v) is 8.64. The Hall–Kier alpha value is -1.73. The number of amides is 1. The number of fused-ring (bicyclic) bond motifs is 1. The average Bonchev–Trinajstić information content (AvgIpc) is 3.01. The van der Waals surface area contributed by atoms with Gasteiger partial charge >= 0.3 is 0 Å². The van der Waals surface area contributed by atoms with Crippen LogP contribution in [0.3, 0.4) is 0 Å². The Bertz CT molecular complexity index is 778. The number of carbonyl (C=O) groups excluding carboxylic acids is 1. The number of hydrogen-bond acceptors (Lipinski definition) is 6. The molecule has 2 heterocycles. The van der Waals surface area contributed by atoms with E-state index >= 15 is 0 Å². The number of carbonyl (C=O) groups is 1. The SMILES string of the molecule is CC(C)(C)c1cc(NC(=O)CSC2=Nc3ccccc3CS2)on1. The van der Waals surface area contributed by atoms with Crippen molar-refractivity contribution in [2.45, 2.75) is 31.9 Å². The zero-order chi connectivity index (χ0) is 17.2. The highest BCUT2D eigenvalue weighted by atomic mass is 32.2. The number of hydrogen-bond donors (Lipinski definition) is 1. The lowest BCUT2D eigenvalue weighted by Gasteiger charge is -2.13. The maximum atomic E-state index is 12.1. The first kappa shape index (κ1) is 17.1. The number of nitrogens with zero attached hydrogens (tertiary/aromatic N) is 2. The van der Waals surface area contributed by atoms with Gasteiger partial charge in [-0.15, -0.1) is 0 Å². The number of nitrogens with one attached hydrogen (secondary N) is 1. The van der Waals surface area contributed by atoms with Gasteiger partial charge in [0, 0.05) is 17.2 Å². The Kier molecular flexibility index (Phi) is 5.01. The molecule has 3 rings (SSSR count). The van der Waals surface area contributed by atoms with Crippen molar-refractivity contribution in [3.8, 4) is 0 Å². The summed E-state index contributed by atoms with van der Waals surface area (Å²) >= 11 is 3.10. The highest BCUT2D eigenvalue weighted by Crippen LogP contribution is 2.34. The summed E-state index contributed by atoms with van der Waals surface area (Å²) in [6.07, 6.45) is 0. The van der Waals surface area contributed by atoms with E-state index in [4.69, 9.17) is 4.52 Å². The van der Waals surface area contributed by atoms with Gasteiger partial charge in [-0.25, -0.2) is 4.99 Å². The van der Waals surface area contributed by atoms with Crippen LogP contribution in [-0.4, -0.2) is 21.2 Å². The Labute approximate surface area is 149 Å². The summed E-state index contributed by atoms with van der Waals surface area (Å²) in [5.74, 6) is 1.44. The lowest BCUT2D eigenvalue weighted by Crippen LogP contribution is -2.15. The van der Waals surface area contributed by atoms with Crippen LogP contribution in [0.1, 0.15) is 32.0 Å². The molecule has 0 spiro atoms.